The molecule has 3 atom stereocenters. The number of hydrogen-bond acceptors (Lipinski definition) is 2. The lowest BCUT2D eigenvalue weighted by molar-refractivity contribution is -0.0978. The van der Waals surface area contributed by atoms with Crippen molar-refractivity contribution in [1.82, 2.24) is 4.72 Å². The quantitative estimate of drug-likeness (QED) is 0.823. The predicted molar refractivity (Wildman–Crippen MR) is 65.6 cm³/mol. The summed E-state index contributed by atoms with van der Waals surface area (Å²) >= 11 is 0. The summed E-state index contributed by atoms with van der Waals surface area (Å²) < 4.78 is 26.1. The SMILES string of the molecule is CCNS(=O)(=O)C[C@@H]1CC[C@H]2C[C@@H]1C2(C)C. The highest BCUT2D eigenvalue weighted by molar-refractivity contribution is 7.89. The second-order valence-corrected chi connectivity index (χ2v) is 7.83. The van der Waals surface area contributed by atoms with Crippen LogP contribution in [0.4, 0.5) is 0 Å². The van der Waals surface area contributed by atoms with Crippen LogP contribution in [-0.4, -0.2) is 20.7 Å². The Hall–Kier alpha value is -0.0900. The van der Waals surface area contributed by atoms with Crippen molar-refractivity contribution in [1.29, 1.82) is 0 Å². The van der Waals surface area contributed by atoms with Crippen LogP contribution in [0.3, 0.4) is 0 Å². The first-order valence-electron chi connectivity index (χ1n) is 6.34. The first-order valence-corrected chi connectivity index (χ1v) is 7.99. The zero-order valence-electron chi connectivity index (χ0n) is 10.5. The number of sulfonamides is 1. The molecule has 16 heavy (non-hydrogen) atoms. The molecule has 2 bridgehead atoms. The molecule has 94 valence electrons. The zero-order valence-corrected chi connectivity index (χ0v) is 11.3. The second kappa shape index (κ2) is 3.98. The van der Waals surface area contributed by atoms with E-state index < -0.39 is 10.0 Å². The average molecular weight is 245 g/mol. The van der Waals surface area contributed by atoms with Gasteiger partial charge in [-0.3, -0.25) is 0 Å². The van der Waals surface area contributed by atoms with Crippen molar-refractivity contribution < 1.29 is 8.42 Å². The number of hydrogen-bond donors (Lipinski definition) is 1. The fraction of sp³-hybridized carbons (Fsp3) is 1.00. The topological polar surface area (TPSA) is 46.2 Å². The number of rotatable bonds is 4. The molecule has 3 saturated carbocycles. The lowest BCUT2D eigenvalue weighted by Crippen LogP contribution is -2.54. The van der Waals surface area contributed by atoms with Crippen LogP contribution in [0.15, 0.2) is 0 Å². The zero-order chi connectivity index (χ0) is 12.0. The largest absolute Gasteiger partial charge is 0.216 e. The third kappa shape index (κ3) is 2.02. The lowest BCUT2D eigenvalue weighted by atomic mass is 9.46. The van der Waals surface area contributed by atoms with Gasteiger partial charge >= 0.3 is 0 Å². The van der Waals surface area contributed by atoms with Crippen LogP contribution in [0.1, 0.15) is 40.0 Å². The Morgan fingerprint density at radius 1 is 1.31 bits per heavy atom. The van der Waals surface area contributed by atoms with Crippen LogP contribution >= 0.6 is 0 Å². The maximum absolute atomic E-state index is 11.8. The fourth-order valence-corrected chi connectivity index (χ4v) is 5.24. The van der Waals surface area contributed by atoms with Crippen molar-refractivity contribution in [3.05, 3.63) is 0 Å². The number of fused-ring (bicyclic) bond motifs is 2. The summed E-state index contributed by atoms with van der Waals surface area (Å²) in [5, 5.41) is 0. The Morgan fingerprint density at radius 3 is 2.50 bits per heavy atom. The average Bonchev–Trinajstić information content (AvgIpc) is 2.16. The van der Waals surface area contributed by atoms with Gasteiger partial charge in [-0.15, -0.1) is 0 Å². The molecule has 0 spiro atoms. The molecule has 3 aliphatic rings. The van der Waals surface area contributed by atoms with Gasteiger partial charge in [-0.25, -0.2) is 13.1 Å². The van der Waals surface area contributed by atoms with E-state index in [9.17, 15) is 8.42 Å². The van der Waals surface area contributed by atoms with Crippen molar-refractivity contribution in [2.45, 2.75) is 40.0 Å². The predicted octanol–water partition coefficient (Wildman–Crippen LogP) is 2.00. The van der Waals surface area contributed by atoms with Gasteiger partial charge in [-0.05, 0) is 42.4 Å². The van der Waals surface area contributed by atoms with Gasteiger partial charge < -0.3 is 0 Å². The van der Waals surface area contributed by atoms with Crippen molar-refractivity contribution in [2.75, 3.05) is 12.3 Å². The summed E-state index contributed by atoms with van der Waals surface area (Å²) in [6.45, 7) is 6.95. The molecule has 0 amide bonds. The molecule has 0 heterocycles. The second-order valence-electron chi connectivity index (χ2n) is 5.98. The minimum atomic E-state index is -3.04. The van der Waals surface area contributed by atoms with E-state index in [1.807, 2.05) is 6.92 Å². The molecular weight excluding hydrogens is 222 g/mol. The fourth-order valence-electron chi connectivity index (χ4n) is 3.72. The smallest absolute Gasteiger partial charge is 0.211 e. The summed E-state index contributed by atoms with van der Waals surface area (Å²) in [5.41, 5.74) is 0.380. The highest BCUT2D eigenvalue weighted by atomic mass is 32.2. The summed E-state index contributed by atoms with van der Waals surface area (Å²) in [7, 11) is -3.04. The van der Waals surface area contributed by atoms with Gasteiger partial charge in [0.05, 0.1) is 5.75 Å². The Balaban J connectivity index is 2.01. The minimum absolute atomic E-state index is 0.335. The van der Waals surface area contributed by atoms with Gasteiger partial charge in [0.15, 0.2) is 0 Å². The van der Waals surface area contributed by atoms with Gasteiger partial charge in [0.1, 0.15) is 0 Å². The molecule has 0 radical (unpaired) electrons. The molecule has 3 rings (SSSR count). The first kappa shape index (κ1) is 12.4. The maximum Gasteiger partial charge on any atom is 0.211 e. The molecule has 0 aromatic rings. The van der Waals surface area contributed by atoms with Crippen molar-refractivity contribution >= 4 is 10.0 Å². The molecule has 0 aliphatic heterocycles. The van der Waals surface area contributed by atoms with E-state index >= 15 is 0 Å². The van der Waals surface area contributed by atoms with E-state index in [0.29, 0.717) is 29.5 Å². The maximum atomic E-state index is 11.8. The normalized spacial score (nSPS) is 36.8. The Bertz CT molecular complexity index is 359. The summed E-state index contributed by atoms with van der Waals surface area (Å²) in [5.74, 6) is 2.18. The van der Waals surface area contributed by atoms with Crippen molar-refractivity contribution in [2.24, 2.45) is 23.2 Å². The van der Waals surface area contributed by atoms with Crippen LogP contribution in [0.5, 0.6) is 0 Å². The molecule has 0 aromatic carbocycles. The van der Waals surface area contributed by atoms with Crippen LogP contribution in [0.2, 0.25) is 0 Å². The molecule has 1 N–H and O–H groups in total. The Labute approximate surface area is 99.1 Å². The molecule has 4 heteroatoms. The summed E-state index contributed by atoms with van der Waals surface area (Å²) in [4.78, 5) is 0. The Kier molecular flexibility index (Phi) is 3.08. The van der Waals surface area contributed by atoms with Crippen LogP contribution < -0.4 is 4.72 Å². The standard InChI is InChI=1S/C12H23NO2S/c1-4-13-16(14,15)8-9-5-6-10-7-11(9)12(10,2)3/h9-11,13H,4-8H2,1-3H3/t9-,10-,11-/m0/s1. The summed E-state index contributed by atoms with van der Waals surface area (Å²) in [6.07, 6.45) is 3.57. The monoisotopic (exact) mass is 245 g/mol. The molecule has 0 unspecified atom stereocenters. The lowest BCUT2D eigenvalue weighted by Gasteiger charge is -2.60. The van der Waals surface area contributed by atoms with E-state index in [0.717, 1.165) is 12.3 Å². The number of nitrogens with one attached hydrogen (secondary N) is 1. The van der Waals surface area contributed by atoms with Crippen molar-refractivity contribution in [3.8, 4) is 0 Å². The van der Waals surface area contributed by atoms with Gasteiger partial charge in [0, 0.05) is 6.54 Å². The van der Waals surface area contributed by atoms with Crippen LogP contribution in [0.25, 0.3) is 0 Å². The highest BCUT2D eigenvalue weighted by Crippen LogP contribution is 2.61. The first-order chi connectivity index (χ1) is 7.37. The molecule has 3 nitrogen and oxygen atoms in total. The van der Waals surface area contributed by atoms with Gasteiger partial charge in [-0.1, -0.05) is 20.8 Å². The van der Waals surface area contributed by atoms with E-state index in [-0.39, 0.29) is 0 Å². The van der Waals surface area contributed by atoms with Gasteiger partial charge in [0.25, 0.3) is 0 Å². The molecule has 0 aromatic heterocycles. The third-order valence-electron chi connectivity index (χ3n) is 4.80. The highest BCUT2D eigenvalue weighted by Gasteiger charge is 2.54. The molecule has 3 aliphatic carbocycles. The molecular formula is C12H23NO2S. The van der Waals surface area contributed by atoms with E-state index in [1.165, 1.54) is 12.8 Å². The van der Waals surface area contributed by atoms with Gasteiger partial charge in [-0.2, -0.15) is 0 Å². The minimum Gasteiger partial charge on any atom is -0.216 e. The van der Waals surface area contributed by atoms with Crippen molar-refractivity contribution in [3.63, 3.8) is 0 Å². The van der Waals surface area contributed by atoms with Crippen LogP contribution in [-0.2, 0) is 10.0 Å². The van der Waals surface area contributed by atoms with Crippen LogP contribution in [0, 0.1) is 23.2 Å². The van der Waals surface area contributed by atoms with Gasteiger partial charge in [0.2, 0.25) is 10.0 Å². The molecule has 3 fully saturated rings. The molecule has 0 saturated heterocycles. The Morgan fingerprint density at radius 2 is 2.00 bits per heavy atom. The third-order valence-corrected chi connectivity index (χ3v) is 6.39. The van der Waals surface area contributed by atoms with E-state index in [1.54, 1.807) is 0 Å². The van der Waals surface area contributed by atoms with E-state index in [2.05, 4.69) is 18.6 Å². The van der Waals surface area contributed by atoms with E-state index in [4.69, 9.17) is 0 Å². The summed E-state index contributed by atoms with van der Waals surface area (Å²) in [6, 6.07) is 0.